The highest BCUT2D eigenvalue weighted by Gasteiger charge is 2.71. The van der Waals surface area contributed by atoms with Gasteiger partial charge in [0.15, 0.2) is 6.17 Å². The van der Waals surface area contributed by atoms with Crippen LogP contribution in [0.15, 0.2) is 115 Å². The second kappa shape index (κ2) is 7.29. The van der Waals surface area contributed by atoms with Crippen molar-refractivity contribution < 1.29 is 9.30 Å². The number of para-hydroxylation sites is 3. The summed E-state index contributed by atoms with van der Waals surface area (Å²) in [6.07, 6.45) is 2.30. The molecular formula is C41H29N4O+. The molecule has 12 rings (SSSR count). The molecule has 2 atom stereocenters. The number of benzene rings is 5. The van der Waals surface area contributed by atoms with Crippen molar-refractivity contribution in [1.82, 2.24) is 0 Å². The van der Waals surface area contributed by atoms with Crippen LogP contribution in [0.5, 0.6) is 11.5 Å². The van der Waals surface area contributed by atoms with Crippen molar-refractivity contribution in [3.05, 3.63) is 138 Å². The number of fused-ring (bicyclic) bond motifs is 7. The largest absolute Gasteiger partial charge is 0.456 e. The topological polar surface area (TPSA) is 22.8 Å². The first-order valence-electron chi connectivity index (χ1n) is 16.2. The van der Waals surface area contributed by atoms with E-state index in [-0.39, 0.29) is 11.6 Å². The molecule has 0 saturated heterocycles. The second-order valence-electron chi connectivity index (χ2n) is 14.0. The Bertz CT molecular complexity index is 2440. The van der Waals surface area contributed by atoms with Crippen molar-refractivity contribution in [2.75, 3.05) is 21.7 Å². The zero-order chi connectivity index (χ0) is 30.3. The summed E-state index contributed by atoms with van der Waals surface area (Å²) >= 11 is 0. The minimum Gasteiger partial charge on any atom is -0.456 e. The van der Waals surface area contributed by atoms with E-state index in [2.05, 4.69) is 156 Å². The number of rotatable bonds is 0. The van der Waals surface area contributed by atoms with Gasteiger partial charge in [-0.3, -0.25) is 0 Å². The molecule has 5 nitrogen and oxygen atoms in total. The lowest BCUT2D eigenvalue weighted by Crippen LogP contribution is -2.71. The van der Waals surface area contributed by atoms with Crippen LogP contribution in [0.3, 0.4) is 0 Å². The Morgan fingerprint density at radius 1 is 0.609 bits per heavy atom. The monoisotopic (exact) mass is 593 g/mol. The van der Waals surface area contributed by atoms with E-state index in [4.69, 9.17) is 4.74 Å². The van der Waals surface area contributed by atoms with Crippen molar-refractivity contribution in [3.8, 4) is 33.8 Å². The summed E-state index contributed by atoms with van der Waals surface area (Å²) in [7, 11) is 2.27. The quantitative estimate of drug-likeness (QED) is 0.164. The predicted molar refractivity (Wildman–Crippen MR) is 181 cm³/mol. The highest BCUT2D eigenvalue weighted by Crippen LogP contribution is 2.70. The molecule has 6 aliphatic rings. The van der Waals surface area contributed by atoms with Gasteiger partial charge in [0.05, 0.1) is 39.9 Å². The smallest absolute Gasteiger partial charge is 0.296 e. The minimum absolute atomic E-state index is 0.0351. The first-order valence-corrected chi connectivity index (χ1v) is 16.2. The van der Waals surface area contributed by atoms with Crippen molar-refractivity contribution in [1.29, 1.82) is 0 Å². The second-order valence-corrected chi connectivity index (χ2v) is 14.0. The van der Waals surface area contributed by atoms with E-state index >= 15 is 0 Å². The van der Waals surface area contributed by atoms with Crippen LogP contribution in [-0.2, 0) is 11.0 Å². The first kappa shape index (κ1) is 23.8. The lowest BCUT2D eigenvalue weighted by Gasteiger charge is -2.49. The Balaban J connectivity index is 1.34. The van der Waals surface area contributed by atoms with E-state index in [1.807, 2.05) is 0 Å². The van der Waals surface area contributed by atoms with Crippen LogP contribution in [0, 0.1) is 0 Å². The Hall–Kier alpha value is -5.55. The Morgan fingerprint density at radius 2 is 1.28 bits per heavy atom. The molecule has 0 radical (unpaired) electrons. The number of nitrogens with zero attached hydrogens (tertiary/aromatic N) is 4. The van der Waals surface area contributed by atoms with Crippen molar-refractivity contribution in [2.24, 2.45) is 0 Å². The number of anilines is 6. The molecule has 5 aromatic carbocycles. The number of hydrogen-bond donors (Lipinski definition) is 0. The average molecular weight is 594 g/mol. The van der Waals surface area contributed by atoms with Gasteiger partial charge in [-0.1, -0.05) is 80.6 Å². The summed E-state index contributed by atoms with van der Waals surface area (Å²) in [4.78, 5) is 7.69. The van der Waals surface area contributed by atoms with Gasteiger partial charge in [-0.25, -0.2) is 4.57 Å². The normalized spacial score (nSPS) is 21.5. The van der Waals surface area contributed by atoms with Crippen LogP contribution in [0.2, 0.25) is 0 Å². The van der Waals surface area contributed by atoms with Gasteiger partial charge in [0.1, 0.15) is 22.9 Å². The van der Waals surface area contributed by atoms with Gasteiger partial charge in [0.2, 0.25) is 5.54 Å². The third-order valence-electron chi connectivity index (χ3n) is 11.8. The standard InChI is InChI=1S/C41H29N4O/c1-40(2)27-15-8-13-25-23-11-4-5-12-24(23)26-14-10-22-43-38(26)45(36(25)27)37-28(40)20-21-33-35(37)41(43)34-31(18-9-19-32(34)46-33)44-30-17-7-6-16-29(30)42(3)39(41)44/h4-22,39H,1-3H3/q+1. The highest BCUT2D eigenvalue weighted by molar-refractivity contribution is 6.06. The zero-order valence-electron chi connectivity index (χ0n) is 25.7. The zero-order valence-corrected chi connectivity index (χ0v) is 25.7. The third kappa shape index (κ3) is 2.23. The maximum atomic E-state index is 6.99. The molecule has 6 aromatic rings. The molecule has 1 aromatic heterocycles. The van der Waals surface area contributed by atoms with Crippen LogP contribution >= 0.6 is 0 Å². The van der Waals surface area contributed by atoms with Crippen LogP contribution < -0.4 is 24.0 Å². The fraction of sp³-hybridized carbons (Fsp3) is 0.146. The van der Waals surface area contributed by atoms with E-state index in [1.165, 1.54) is 78.8 Å². The molecular weight excluding hydrogens is 564 g/mol. The molecule has 0 bridgehead atoms. The molecule has 7 heterocycles. The fourth-order valence-corrected chi connectivity index (χ4v) is 10.1. The molecule has 46 heavy (non-hydrogen) atoms. The number of likely N-dealkylation sites (N-methyl/N-ethyl adjacent to an activating group) is 1. The van der Waals surface area contributed by atoms with Gasteiger partial charge >= 0.3 is 0 Å². The SMILES string of the molecule is CN1c2ccccc2N2c3cccc4c3C3(c5c(ccc6c5N5c7c(cccc7C6(C)C)-c6ccccc6-c6ccc[n+]3c65)O4)C12. The number of pyridine rings is 1. The van der Waals surface area contributed by atoms with Gasteiger partial charge in [-0.05, 0) is 53.6 Å². The molecule has 5 heteroatoms. The Morgan fingerprint density at radius 3 is 2.15 bits per heavy atom. The maximum absolute atomic E-state index is 6.99. The first-order chi connectivity index (χ1) is 22.5. The molecule has 2 unspecified atom stereocenters. The Kier molecular flexibility index (Phi) is 3.77. The van der Waals surface area contributed by atoms with Crippen molar-refractivity contribution >= 4 is 34.3 Å². The third-order valence-corrected chi connectivity index (χ3v) is 11.8. The molecule has 0 fully saturated rings. The summed E-state index contributed by atoms with van der Waals surface area (Å²) in [6, 6.07) is 40.5. The molecule has 0 amide bonds. The van der Waals surface area contributed by atoms with E-state index in [0.29, 0.717) is 0 Å². The van der Waals surface area contributed by atoms with E-state index < -0.39 is 5.54 Å². The van der Waals surface area contributed by atoms with E-state index in [1.54, 1.807) is 0 Å². The lowest BCUT2D eigenvalue weighted by molar-refractivity contribution is -0.734. The van der Waals surface area contributed by atoms with Crippen molar-refractivity contribution in [2.45, 2.75) is 31.0 Å². The number of aromatic nitrogens is 1. The van der Waals surface area contributed by atoms with Gasteiger partial charge in [0.25, 0.3) is 5.82 Å². The molecule has 0 saturated carbocycles. The molecule has 1 spiro atoms. The van der Waals surface area contributed by atoms with Gasteiger partial charge in [0, 0.05) is 29.2 Å². The van der Waals surface area contributed by atoms with E-state index in [0.717, 1.165) is 11.5 Å². The van der Waals surface area contributed by atoms with Crippen LogP contribution in [0.1, 0.15) is 36.1 Å². The summed E-state index contributed by atoms with van der Waals surface area (Å²) in [5.41, 5.74) is 15.7. The molecule has 0 aliphatic carbocycles. The molecule has 0 N–H and O–H groups in total. The van der Waals surface area contributed by atoms with Crippen molar-refractivity contribution in [3.63, 3.8) is 0 Å². The van der Waals surface area contributed by atoms with Crippen LogP contribution in [0.25, 0.3) is 22.3 Å². The number of ether oxygens (including phenoxy) is 1. The average Bonchev–Trinajstić information content (AvgIpc) is 3.51. The Labute approximate surface area is 267 Å². The lowest BCUT2D eigenvalue weighted by atomic mass is 9.67. The minimum atomic E-state index is -0.581. The van der Waals surface area contributed by atoms with Crippen LogP contribution in [-0.4, -0.2) is 13.2 Å². The molecule has 6 aliphatic heterocycles. The summed E-state index contributed by atoms with van der Waals surface area (Å²) < 4.78 is 9.62. The van der Waals surface area contributed by atoms with Gasteiger partial charge < -0.3 is 14.5 Å². The summed E-state index contributed by atoms with van der Waals surface area (Å²) in [5, 5.41) is 0. The molecule has 218 valence electrons. The number of hydrogen-bond acceptors (Lipinski definition) is 4. The van der Waals surface area contributed by atoms with Gasteiger partial charge in [-0.15, -0.1) is 0 Å². The summed E-state index contributed by atoms with van der Waals surface area (Å²) in [5.74, 6) is 3.10. The maximum Gasteiger partial charge on any atom is 0.296 e. The fourth-order valence-electron chi connectivity index (χ4n) is 10.1. The highest BCUT2D eigenvalue weighted by atomic mass is 16.5. The predicted octanol–water partition coefficient (Wildman–Crippen LogP) is 8.87. The van der Waals surface area contributed by atoms with E-state index in [9.17, 15) is 0 Å². The van der Waals surface area contributed by atoms with Crippen LogP contribution in [0.4, 0.5) is 34.3 Å². The summed E-state index contributed by atoms with van der Waals surface area (Å²) in [6.45, 7) is 4.80. The van der Waals surface area contributed by atoms with Gasteiger partial charge in [-0.2, -0.15) is 4.90 Å².